The summed E-state index contributed by atoms with van der Waals surface area (Å²) < 4.78 is 5.60. The molecule has 1 aromatic carbocycles. The lowest BCUT2D eigenvalue weighted by Gasteiger charge is -2.09. The molecule has 6 nitrogen and oxygen atoms in total. The summed E-state index contributed by atoms with van der Waals surface area (Å²) >= 11 is 0. The van der Waals surface area contributed by atoms with Crippen LogP contribution >= 0.6 is 0 Å². The molecule has 0 atom stereocenters. The quantitative estimate of drug-likeness (QED) is 0.886. The minimum Gasteiger partial charge on any atom is -0.438 e. The van der Waals surface area contributed by atoms with E-state index in [1.165, 1.54) is 0 Å². The number of benzene rings is 1. The van der Waals surface area contributed by atoms with Crippen molar-refractivity contribution >= 4 is 11.7 Å². The van der Waals surface area contributed by atoms with Gasteiger partial charge in [-0.15, -0.1) is 0 Å². The van der Waals surface area contributed by atoms with Crippen LogP contribution in [0.15, 0.2) is 42.6 Å². The van der Waals surface area contributed by atoms with Crippen molar-refractivity contribution in [3.05, 3.63) is 48.2 Å². The van der Waals surface area contributed by atoms with Gasteiger partial charge in [-0.25, -0.2) is 9.78 Å². The van der Waals surface area contributed by atoms with E-state index in [0.29, 0.717) is 23.5 Å². The Labute approximate surface area is 128 Å². The van der Waals surface area contributed by atoms with Crippen LogP contribution in [-0.4, -0.2) is 17.6 Å². The summed E-state index contributed by atoms with van der Waals surface area (Å²) in [6, 6.07) is 11.9. The third kappa shape index (κ3) is 4.21. The molecule has 0 aliphatic carbocycles. The average molecular weight is 296 g/mol. The topological polar surface area (TPSA) is 87.0 Å². The van der Waals surface area contributed by atoms with E-state index in [1.54, 1.807) is 42.6 Å². The van der Waals surface area contributed by atoms with Crippen molar-refractivity contribution < 1.29 is 9.53 Å². The van der Waals surface area contributed by atoms with E-state index in [2.05, 4.69) is 15.6 Å². The summed E-state index contributed by atoms with van der Waals surface area (Å²) in [6.07, 6.45) is 2.42. The molecule has 2 rings (SSSR count). The van der Waals surface area contributed by atoms with Gasteiger partial charge in [0.05, 0.1) is 0 Å². The van der Waals surface area contributed by atoms with E-state index in [1.807, 2.05) is 13.0 Å². The fraction of sp³-hybridized carbons (Fsp3) is 0.188. The van der Waals surface area contributed by atoms with E-state index in [9.17, 15) is 4.79 Å². The number of nitrogens with one attached hydrogen (secondary N) is 2. The summed E-state index contributed by atoms with van der Waals surface area (Å²) in [5, 5.41) is 14.5. The zero-order valence-corrected chi connectivity index (χ0v) is 12.2. The Kier molecular flexibility index (Phi) is 5.32. The number of amides is 2. The van der Waals surface area contributed by atoms with Crippen molar-refractivity contribution in [2.75, 3.05) is 11.9 Å². The number of pyridine rings is 1. The summed E-state index contributed by atoms with van der Waals surface area (Å²) in [7, 11) is 0. The molecule has 0 spiro atoms. The summed E-state index contributed by atoms with van der Waals surface area (Å²) in [5.74, 6) is 0.723. The maximum Gasteiger partial charge on any atom is 0.319 e. The van der Waals surface area contributed by atoms with Crippen molar-refractivity contribution in [1.82, 2.24) is 10.3 Å². The molecular weight excluding hydrogens is 280 g/mol. The van der Waals surface area contributed by atoms with Crippen LogP contribution in [0.25, 0.3) is 0 Å². The van der Waals surface area contributed by atoms with Crippen LogP contribution in [0.3, 0.4) is 0 Å². The number of hydrogen-bond donors (Lipinski definition) is 2. The van der Waals surface area contributed by atoms with Crippen molar-refractivity contribution in [2.24, 2.45) is 0 Å². The van der Waals surface area contributed by atoms with Crippen LogP contribution < -0.4 is 15.4 Å². The Balaban J connectivity index is 2.09. The predicted molar refractivity (Wildman–Crippen MR) is 82.8 cm³/mol. The van der Waals surface area contributed by atoms with Crippen LogP contribution in [-0.2, 0) is 0 Å². The van der Waals surface area contributed by atoms with Gasteiger partial charge < -0.3 is 15.4 Å². The van der Waals surface area contributed by atoms with Crippen LogP contribution in [0.1, 0.15) is 18.9 Å². The summed E-state index contributed by atoms with van der Waals surface area (Å²) in [6.45, 7) is 2.59. The first-order valence-corrected chi connectivity index (χ1v) is 6.91. The highest BCUT2D eigenvalue weighted by Gasteiger charge is 2.07. The number of urea groups is 1. The molecule has 1 aromatic heterocycles. The predicted octanol–water partition coefficient (Wildman–Crippen LogP) is 3.28. The van der Waals surface area contributed by atoms with E-state index >= 15 is 0 Å². The molecule has 2 aromatic rings. The fourth-order valence-electron chi connectivity index (χ4n) is 1.72. The lowest BCUT2D eigenvalue weighted by molar-refractivity contribution is 0.252. The second-order valence-corrected chi connectivity index (χ2v) is 4.48. The third-order valence-electron chi connectivity index (χ3n) is 2.73. The SMILES string of the molecule is CCCNC(=O)Nc1cccc(Oc2ncccc2C#N)c1. The average Bonchev–Trinajstić information content (AvgIpc) is 2.54. The first-order valence-electron chi connectivity index (χ1n) is 6.91. The van der Waals surface area contributed by atoms with Crippen molar-refractivity contribution in [3.63, 3.8) is 0 Å². The lowest BCUT2D eigenvalue weighted by Crippen LogP contribution is -2.29. The number of anilines is 1. The molecule has 2 amide bonds. The molecule has 0 aliphatic rings. The van der Waals surface area contributed by atoms with Gasteiger partial charge in [0.25, 0.3) is 0 Å². The zero-order chi connectivity index (χ0) is 15.8. The fourth-order valence-corrected chi connectivity index (χ4v) is 1.72. The number of nitrogens with zero attached hydrogens (tertiary/aromatic N) is 2. The Bertz CT molecular complexity index is 695. The molecular formula is C16H16N4O2. The molecule has 0 saturated carbocycles. The van der Waals surface area contributed by atoms with Crippen molar-refractivity contribution in [2.45, 2.75) is 13.3 Å². The number of carbonyl (C=O) groups is 1. The highest BCUT2D eigenvalue weighted by atomic mass is 16.5. The molecule has 0 unspecified atom stereocenters. The molecule has 0 bridgehead atoms. The monoisotopic (exact) mass is 296 g/mol. The van der Waals surface area contributed by atoms with E-state index in [0.717, 1.165) is 6.42 Å². The van der Waals surface area contributed by atoms with E-state index < -0.39 is 0 Å². The van der Waals surface area contributed by atoms with Gasteiger partial charge >= 0.3 is 6.03 Å². The largest absolute Gasteiger partial charge is 0.438 e. The molecule has 0 radical (unpaired) electrons. The minimum atomic E-state index is -0.269. The van der Waals surface area contributed by atoms with E-state index in [4.69, 9.17) is 10.00 Å². The van der Waals surface area contributed by atoms with Gasteiger partial charge in [0, 0.05) is 24.5 Å². The van der Waals surface area contributed by atoms with Crippen LogP contribution in [0.5, 0.6) is 11.6 Å². The first kappa shape index (κ1) is 15.3. The number of nitriles is 1. The molecule has 1 heterocycles. The Morgan fingerprint density at radius 2 is 2.23 bits per heavy atom. The highest BCUT2D eigenvalue weighted by molar-refractivity contribution is 5.89. The smallest absolute Gasteiger partial charge is 0.319 e. The second-order valence-electron chi connectivity index (χ2n) is 4.48. The second kappa shape index (κ2) is 7.64. The van der Waals surface area contributed by atoms with Crippen LogP contribution in [0, 0.1) is 11.3 Å². The summed E-state index contributed by atoms with van der Waals surface area (Å²) in [4.78, 5) is 15.7. The van der Waals surface area contributed by atoms with Gasteiger partial charge in [0.1, 0.15) is 17.4 Å². The number of carbonyl (C=O) groups excluding carboxylic acids is 1. The molecule has 22 heavy (non-hydrogen) atoms. The standard InChI is InChI=1S/C16H16N4O2/c1-2-8-19-16(21)20-13-6-3-7-14(10-13)22-15-12(11-17)5-4-9-18-15/h3-7,9-10H,2,8H2,1H3,(H2,19,20,21). The third-order valence-corrected chi connectivity index (χ3v) is 2.73. The molecule has 6 heteroatoms. The Morgan fingerprint density at radius 3 is 3.00 bits per heavy atom. The Hall–Kier alpha value is -3.07. The van der Waals surface area contributed by atoms with Gasteiger partial charge in [0.2, 0.25) is 5.88 Å². The first-order chi connectivity index (χ1) is 10.7. The molecule has 0 aliphatic heterocycles. The van der Waals surface area contributed by atoms with Crippen LogP contribution in [0.2, 0.25) is 0 Å². The minimum absolute atomic E-state index is 0.234. The normalized spacial score (nSPS) is 9.64. The maximum atomic E-state index is 11.6. The van der Waals surface area contributed by atoms with Gasteiger partial charge in [-0.05, 0) is 30.7 Å². The van der Waals surface area contributed by atoms with E-state index in [-0.39, 0.29) is 11.9 Å². The van der Waals surface area contributed by atoms with Gasteiger partial charge in [0.15, 0.2) is 0 Å². The summed E-state index contributed by atoms with van der Waals surface area (Å²) in [5.41, 5.74) is 0.946. The number of ether oxygens (including phenoxy) is 1. The van der Waals surface area contributed by atoms with Crippen molar-refractivity contribution in [3.8, 4) is 17.7 Å². The lowest BCUT2D eigenvalue weighted by atomic mass is 10.3. The maximum absolute atomic E-state index is 11.6. The van der Waals surface area contributed by atoms with Crippen LogP contribution in [0.4, 0.5) is 10.5 Å². The van der Waals surface area contributed by atoms with Gasteiger partial charge in [-0.2, -0.15) is 5.26 Å². The van der Waals surface area contributed by atoms with Crippen molar-refractivity contribution in [1.29, 1.82) is 5.26 Å². The molecule has 112 valence electrons. The molecule has 2 N–H and O–H groups in total. The number of rotatable bonds is 5. The van der Waals surface area contributed by atoms with Gasteiger partial charge in [-0.1, -0.05) is 13.0 Å². The number of aromatic nitrogens is 1. The molecule has 0 fully saturated rings. The highest BCUT2D eigenvalue weighted by Crippen LogP contribution is 2.24. The number of hydrogen-bond acceptors (Lipinski definition) is 4. The Morgan fingerprint density at radius 1 is 1.36 bits per heavy atom. The zero-order valence-electron chi connectivity index (χ0n) is 12.2. The van der Waals surface area contributed by atoms with Gasteiger partial charge in [-0.3, -0.25) is 0 Å². The molecule has 0 saturated heterocycles.